The Kier molecular flexibility index (Phi) is 7.65. The summed E-state index contributed by atoms with van der Waals surface area (Å²) < 4.78 is 13.5. The summed E-state index contributed by atoms with van der Waals surface area (Å²) in [6.45, 7) is 1.71. The van der Waals surface area contributed by atoms with Crippen molar-refractivity contribution in [2.45, 2.75) is 19.0 Å². The van der Waals surface area contributed by atoms with E-state index in [2.05, 4.69) is 25.8 Å². The number of amides is 3. The highest BCUT2D eigenvalue weighted by Crippen LogP contribution is 2.24. The van der Waals surface area contributed by atoms with Gasteiger partial charge in [0.05, 0.1) is 11.3 Å². The molecule has 36 heavy (non-hydrogen) atoms. The first-order valence-electron chi connectivity index (χ1n) is 11.7. The molecule has 9 nitrogen and oxygen atoms in total. The van der Waals surface area contributed by atoms with Gasteiger partial charge in [-0.05, 0) is 56.4 Å². The topological polar surface area (TPSA) is 116 Å². The van der Waals surface area contributed by atoms with Crippen molar-refractivity contribution in [1.82, 2.24) is 14.8 Å². The first kappa shape index (κ1) is 24.9. The molecule has 3 aromatic rings. The Labute approximate surface area is 209 Å². The fraction of sp³-hybridized carbons (Fsp3) is 0.269. The molecule has 1 aromatic heterocycles. The number of nitrogens with zero attached hydrogens (tertiary/aromatic N) is 3. The summed E-state index contributed by atoms with van der Waals surface area (Å²) in [5, 5.41) is 9.27. The standard InChI is InChI=1S/C26H30FN7O2/c1-33(2)21-9-10-34(16-21)26(36)32-20-8-4-7-19(12-20)31-24-13-23(22(15-30-24)25(28)35)29-14-17-5-3-6-18(27)11-17/h3-8,11-13,15,21H,9-10,14,16H2,1-2H3,(H2,28,35)(H,32,36)(H2,29,30,31). The molecule has 0 spiro atoms. The van der Waals surface area contributed by atoms with Gasteiger partial charge in [0.2, 0.25) is 0 Å². The number of nitrogens with two attached hydrogens (primary N) is 1. The van der Waals surface area contributed by atoms with Crippen molar-refractivity contribution in [1.29, 1.82) is 0 Å². The first-order chi connectivity index (χ1) is 17.3. The maximum atomic E-state index is 13.5. The lowest BCUT2D eigenvalue weighted by atomic mass is 10.2. The molecule has 0 bridgehead atoms. The zero-order valence-electron chi connectivity index (χ0n) is 20.3. The molecule has 10 heteroatoms. The van der Waals surface area contributed by atoms with Gasteiger partial charge < -0.3 is 31.5 Å². The lowest BCUT2D eigenvalue weighted by Crippen LogP contribution is -2.36. The van der Waals surface area contributed by atoms with Crippen LogP contribution in [0.1, 0.15) is 22.3 Å². The van der Waals surface area contributed by atoms with Crippen molar-refractivity contribution in [2.24, 2.45) is 5.73 Å². The summed E-state index contributed by atoms with van der Waals surface area (Å²) in [5.74, 6) is -0.492. The molecule has 4 rings (SSSR count). The van der Waals surface area contributed by atoms with Gasteiger partial charge in [-0.25, -0.2) is 14.2 Å². The minimum atomic E-state index is -0.626. The van der Waals surface area contributed by atoms with Crippen LogP contribution in [0.25, 0.3) is 0 Å². The third-order valence-corrected chi connectivity index (χ3v) is 6.11. The Bertz CT molecular complexity index is 1250. The van der Waals surface area contributed by atoms with Crippen molar-refractivity contribution < 1.29 is 14.0 Å². The Morgan fingerprint density at radius 3 is 2.64 bits per heavy atom. The van der Waals surface area contributed by atoms with Gasteiger partial charge in [-0.15, -0.1) is 0 Å². The molecule has 2 heterocycles. The second kappa shape index (κ2) is 11.0. The summed E-state index contributed by atoms with van der Waals surface area (Å²) in [6.07, 6.45) is 2.34. The van der Waals surface area contributed by atoms with Crippen molar-refractivity contribution >= 4 is 34.8 Å². The van der Waals surface area contributed by atoms with E-state index in [1.165, 1.54) is 18.3 Å². The number of hydrogen-bond acceptors (Lipinski definition) is 6. The van der Waals surface area contributed by atoms with Gasteiger partial charge in [0.15, 0.2) is 0 Å². The number of halogens is 1. The number of likely N-dealkylation sites (tertiary alicyclic amines) is 1. The van der Waals surface area contributed by atoms with Crippen molar-refractivity contribution in [3.05, 3.63) is 77.7 Å². The van der Waals surface area contributed by atoms with E-state index < -0.39 is 5.91 Å². The fourth-order valence-corrected chi connectivity index (χ4v) is 4.08. The maximum Gasteiger partial charge on any atom is 0.321 e. The molecule has 2 aromatic carbocycles. The second-order valence-electron chi connectivity index (χ2n) is 8.95. The van der Waals surface area contributed by atoms with E-state index in [0.29, 0.717) is 48.6 Å². The highest BCUT2D eigenvalue weighted by Gasteiger charge is 2.27. The highest BCUT2D eigenvalue weighted by atomic mass is 19.1. The summed E-state index contributed by atoms with van der Waals surface area (Å²) in [7, 11) is 4.04. The average Bonchev–Trinajstić information content (AvgIpc) is 3.34. The number of benzene rings is 2. The molecule has 1 unspecified atom stereocenters. The largest absolute Gasteiger partial charge is 0.380 e. The third kappa shape index (κ3) is 6.28. The first-order valence-corrected chi connectivity index (χ1v) is 11.7. The summed E-state index contributed by atoms with van der Waals surface area (Å²) in [6, 6.07) is 15.4. The van der Waals surface area contributed by atoms with E-state index in [4.69, 9.17) is 5.73 Å². The number of aromatic nitrogens is 1. The lowest BCUT2D eigenvalue weighted by molar-refractivity contribution is 0.100. The number of rotatable bonds is 8. The third-order valence-electron chi connectivity index (χ3n) is 6.11. The van der Waals surface area contributed by atoms with Gasteiger partial charge in [-0.3, -0.25) is 4.79 Å². The van der Waals surface area contributed by atoms with Crippen LogP contribution >= 0.6 is 0 Å². The zero-order valence-corrected chi connectivity index (χ0v) is 20.3. The molecule has 1 aliphatic heterocycles. The van der Waals surface area contributed by atoms with Crippen LogP contribution in [0.3, 0.4) is 0 Å². The number of urea groups is 1. The molecular formula is C26H30FN7O2. The average molecular weight is 492 g/mol. The maximum absolute atomic E-state index is 13.5. The molecule has 188 valence electrons. The smallest absolute Gasteiger partial charge is 0.321 e. The van der Waals surface area contributed by atoms with E-state index in [1.807, 2.05) is 37.2 Å². The molecule has 5 N–H and O–H groups in total. The van der Waals surface area contributed by atoms with E-state index in [9.17, 15) is 14.0 Å². The quantitative estimate of drug-likeness (QED) is 0.381. The Hall–Kier alpha value is -4.18. The summed E-state index contributed by atoms with van der Waals surface area (Å²) in [5.41, 5.74) is 8.27. The van der Waals surface area contributed by atoms with Crippen LogP contribution in [-0.2, 0) is 6.54 Å². The van der Waals surface area contributed by atoms with E-state index in [1.54, 1.807) is 24.3 Å². The van der Waals surface area contributed by atoms with Gasteiger partial charge in [-0.1, -0.05) is 18.2 Å². The molecule has 0 radical (unpaired) electrons. The molecule has 3 amide bonds. The molecule has 1 atom stereocenters. The number of carbonyl (C=O) groups is 2. The Morgan fingerprint density at radius 2 is 1.92 bits per heavy atom. The minimum absolute atomic E-state index is 0.135. The Morgan fingerprint density at radius 1 is 1.14 bits per heavy atom. The van der Waals surface area contributed by atoms with Crippen LogP contribution in [0.4, 0.5) is 32.1 Å². The highest BCUT2D eigenvalue weighted by molar-refractivity contribution is 5.98. The van der Waals surface area contributed by atoms with E-state index in [-0.39, 0.29) is 17.4 Å². The number of hydrogen-bond donors (Lipinski definition) is 4. The normalized spacial score (nSPS) is 15.1. The SMILES string of the molecule is CN(C)C1CCN(C(=O)Nc2cccc(Nc3cc(NCc4cccc(F)c4)c(C(N)=O)cn3)c2)C1. The number of primary amides is 1. The van der Waals surface area contributed by atoms with Gasteiger partial charge in [0.25, 0.3) is 5.91 Å². The second-order valence-corrected chi connectivity index (χ2v) is 8.95. The van der Waals surface area contributed by atoms with Gasteiger partial charge >= 0.3 is 6.03 Å². The molecule has 1 aliphatic rings. The van der Waals surface area contributed by atoms with Crippen LogP contribution in [0.15, 0.2) is 60.8 Å². The number of pyridine rings is 1. The summed E-state index contributed by atoms with van der Waals surface area (Å²) in [4.78, 5) is 32.8. The predicted molar refractivity (Wildman–Crippen MR) is 139 cm³/mol. The van der Waals surface area contributed by atoms with Crippen LogP contribution in [0, 0.1) is 5.82 Å². The van der Waals surface area contributed by atoms with Gasteiger partial charge in [-0.2, -0.15) is 0 Å². The number of carbonyl (C=O) groups excluding carboxylic acids is 2. The van der Waals surface area contributed by atoms with Gasteiger partial charge in [0.1, 0.15) is 11.6 Å². The van der Waals surface area contributed by atoms with Crippen LogP contribution < -0.4 is 21.7 Å². The van der Waals surface area contributed by atoms with Gasteiger partial charge in [0, 0.05) is 49.3 Å². The van der Waals surface area contributed by atoms with E-state index >= 15 is 0 Å². The molecule has 0 aliphatic carbocycles. The monoisotopic (exact) mass is 491 g/mol. The molecule has 0 saturated carbocycles. The van der Waals surface area contributed by atoms with Crippen molar-refractivity contribution in [3.8, 4) is 0 Å². The molecule has 1 fully saturated rings. The molecule has 1 saturated heterocycles. The van der Waals surface area contributed by atoms with Crippen LogP contribution in [-0.4, -0.2) is 59.9 Å². The summed E-state index contributed by atoms with van der Waals surface area (Å²) >= 11 is 0. The number of nitrogens with one attached hydrogen (secondary N) is 3. The van der Waals surface area contributed by atoms with E-state index in [0.717, 1.165) is 12.0 Å². The molecular weight excluding hydrogens is 461 g/mol. The zero-order chi connectivity index (χ0) is 25.7. The number of likely N-dealkylation sites (N-methyl/N-ethyl adjacent to an activating group) is 1. The minimum Gasteiger partial charge on any atom is -0.380 e. The number of anilines is 4. The Balaban J connectivity index is 1.44. The van der Waals surface area contributed by atoms with Crippen molar-refractivity contribution in [2.75, 3.05) is 43.1 Å². The lowest BCUT2D eigenvalue weighted by Gasteiger charge is -2.21. The van der Waals surface area contributed by atoms with Crippen LogP contribution in [0.5, 0.6) is 0 Å². The van der Waals surface area contributed by atoms with Crippen molar-refractivity contribution in [3.63, 3.8) is 0 Å². The van der Waals surface area contributed by atoms with Crippen LogP contribution in [0.2, 0.25) is 0 Å². The predicted octanol–water partition coefficient (Wildman–Crippen LogP) is 3.84. The fourth-order valence-electron chi connectivity index (χ4n) is 4.08.